The first-order valence-corrected chi connectivity index (χ1v) is 7.22. The molecule has 1 aromatic carbocycles. The summed E-state index contributed by atoms with van der Waals surface area (Å²) in [4.78, 5) is 10.9. The molecular formula is C16H25NO4. The molecule has 0 amide bonds. The van der Waals surface area contributed by atoms with Gasteiger partial charge in [-0.3, -0.25) is 4.79 Å². The summed E-state index contributed by atoms with van der Waals surface area (Å²) in [5, 5.41) is 31.5. The normalized spacial score (nSPS) is 15.7. The lowest BCUT2D eigenvalue weighted by atomic mass is 9.96. The highest BCUT2D eigenvalue weighted by Gasteiger charge is 2.23. The van der Waals surface area contributed by atoms with Gasteiger partial charge in [-0.1, -0.05) is 38.1 Å². The van der Waals surface area contributed by atoms with Crippen molar-refractivity contribution in [2.75, 3.05) is 6.54 Å². The first-order chi connectivity index (χ1) is 9.81. The van der Waals surface area contributed by atoms with E-state index in [-0.39, 0.29) is 13.0 Å². The van der Waals surface area contributed by atoms with Crippen LogP contribution in [0.5, 0.6) is 0 Å². The van der Waals surface area contributed by atoms with Crippen LogP contribution in [-0.4, -0.2) is 40.0 Å². The highest BCUT2D eigenvalue weighted by molar-refractivity contribution is 5.67. The zero-order valence-electron chi connectivity index (χ0n) is 12.8. The van der Waals surface area contributed by atoms with E-state index in [1.54, 1.807) is 6.92 Å². The predicted molar refractivity (Wildman–Crippen MR) is 81.2 cm³/mol. The lowest BCUT2D eigenvalue weighted by Crippen LogP contribution is -2.40. The van der Waals surface area contributed by atoms with Crippen molar-refractivity contribution >= 4 is 5.97 Å². The Morgan fingerprint density at radius 1 is 1.10 bits per heavy atom. The van der Waals surface area contributed by atoms with Crippen molar-refractivity contribution < 1.29 is 20.1 Å². The van der Waals surface area contributed by atoms with E-state index in [2.05, 4.69) is 19.2 Å². The summed E-state index contributed by atoms with van der Waals surface area (Å²) in [7, 11) is 0. The number of aliphatic hydroxyl groups is 2. The molecule has 0 saturated carbocycles. The molecule has 1 rings (SSSR count). The van der Waals surface area contributed by atoms with E-state index in [4.69, 9.17) is 5.11 Å². The van der Waals surface area contributed by atoms with Gasteiger partial charge in [-0.2, -0.15) is 0 Å². The average Bonchev–Trinajstić information content (AvgIpc) is 2.42. The second-order valence-corrected chi connectivity index (χ2v) is 5.73. The summed E-state index contributed by atoms with van der Waals surface area (Å²) < 4.78 is 0. The van der Waals surface area contributed by atoms with Crippen LogP contribution >= 0.6 is 0 Å². The fraction of sp³-hybridized carbons (Fsp3) is 0.562. The molecule has 0 heterocycles. The molecule has 5 nitrogen and oxygen atoms in total. The molecule has 0 aliphatic rings. The Balaban J connectivity index is 2.82. The zero-order valence-corrected chi connectivity index (χ0v) is 12.8. The maximum absolute atomic E-state index is 10.9. The van der Waals surface area contributed by atoms with Crippen LogP contribution in [-0.2, 0) is 4.79 Å². The minimum absolute atomic E-state index is 0.209. The number of rotatable bonds is 8. The number of hydrogen-bond acceptors (Lipinski definition) is 4. The van der Waals surface area contributed by atoms with Crippen LogP contribution in [0.25, 0.3) is 0 Å². The van der Waals surface area contributed by atoms with Gasteiger partial charge in [0.1, 0.15) is 0 Å². The van der Waals surface area contributed by atoms with Crippen molar-refractivity contribution in [3.63, 3.8) is 0 Å². The van der Waals surface area contributed by atoms with Crippen molar-refractivity contribution in [2.45, 2.75) is 51.4 Å². The van der Waals surface area contributed by atoms with Gasteiger partial charge >= 0.3 is 5.97 Å². The van der Waals surface area contributed by atoms with Crippen LogP contribution < -0.4 is 5.32 Å². The molecule has 3 unspecified atom stereocenters. The Bertz CT molecular complexity index is 442. The third-order valence-electron chi connectivity index (χ3n) is 3.40. The standard InChI is InChI=1S/C16H25NO4/c1-10(2)12-4-6-13(7-5-12)16(21)14(8-15(19)20)17-9-11(3)18/h4-7,10-11,14,16-18,21H,8-9H2,1-3H3,(H,19,20). The molecule has 3 atom stereocenters. The van der Waals surface area contributed by atoms with Crippen molar-refractivity contribution in [2.24, 2.45) is 0 Å². The number of carboxylic acids is 1. The number of hydrogen-bond donors (Lipinski definition) is 4. The molecule has 0 saturated heterocycles. The number of nitrogens with one attached hydrogen (secondary N) is 1. The molecule has 0 fully saturated rings. The third kappa shape index (κ3) is 5.83. The Hall–Kier alpha value is -1.43. The van der Waals surface area contributed by atoms with Crippen molar-refractivity contribution in [1.29, 1.82) is 0 Å². The quantitative estimate of drug-likeness (QED) is 0.585. The van der Waals surface area contributed by atoms with Crippen LogP contribution in [0.3, 0.4) is 0 Å². The van der Waals surface area contributed by atoms with E-state index in [0.717, 1.165) is 5.56 Å². The molecule has 0 spiro atoms. The maximum atomic E-state index is 10.9. The van der Waals surface area contributed by atoms with Gasteiger partial charge in [0.05, 0.1) is 18.6 Å². The summed E-state index contributed by atoms with van der Waals surface area (Å²) >= 11 is 0. The lowest BCUT2D eigenvalue weighted by molar-refractivity contribution is -0.138. The van der Waals surface area contributed by atoms with Crippen LogP contribution in [0.4, 0.5) is 0 Å². The van der Waals surface area contributed by atoms with E-state index >= 15 is 0 Å². The van der Waals surface area contributed by atoms with Crippen molar-refractivity contribution in [3.8, 4) is 0 Å². The van der Waals surface area contributed by atoms with Gasteiger partial charge in [-0.15, -0.1) is 0 Å². The molecular weight excluding hydrogens is 270 g/mol. The van der Waals surface area contributed by atoms with E-state index < -0.39 is 24.2 Å². The van der Waals surface area contributed by atoms with Crippen molar-refractivity contribution in [3.05, 3.63) is 35.4 Å². The van der Waals surface area contributed by atoms with Gasteiger partial charge in [-0.05, 0) is 24.0 Å². The SMILES string of the molecule is CC(O)CNC(CC(=O)O)C(O)c1ccc(C(C)C)cc1. The van der Waals surface area contributed by atoms with Gasteiger partial charge in [0.2, 0.25) is 0 Å². The Labute approximate surface area is 125 Å². The molecule has 21 heavy (non-hydrogen) atoms. The Morgan fingerprint density at radius 3 is 2.05 bits per heavy atom. The fourth-order valence-electron chi connectivity index (χ4n) is 2.12. The molecule has 1 aromatic rings. The van der Waals surface area contributed by atoms with E-state index in [9.17, 15) is 15.0 Å². The summed E-state index contributed by atoms with van der Waals surface area (Å²) in [6.45, 7) is 6.01. The average molecular weight is 295 g/mol. The summed E-state index contributed by atoms with van der Waals surface area (Å²) in [6, 6.07) is 6.88. The third-order valence-corrected chi connectivity index (χ3v) is 3.40. The van der Waals surface area contributed by atoms with Gasteiger partial charge in [0, 0.05) is 12.6 Å². The zero-order chi connectivity index (χ0) is 16.0. The number of aliphatic hydroxyl groups excluding tert-OH is 2. The van der Waals surface area contributed by atoms with Gasteiger partial charge in [0.15, 0.2) is 0 Å². The highest BCUT2D eigenvalue weighted by Crippen LogP contribution is 2.22. The largest absolute Gasteiger partial charge is 0.481 e. The van der Waals surface area contributed by atoms with Crippen LogP contribution in [0.1, 0.15) is 50.3 Å². The summed E-state index contributed by atoms with van der Waals surface area (Å²) in [5.41, 5.74) is 1.83. The molecule has 0 aromatic heterocycles. The molecule has 0 radical (unpaired) electrons. The Morgan fingerprint density at radius 2 is 1.62 bits per heavy atom. The molecule has 0 bridgehead atoms. The molecule has 0 aliphatic carbocycles. The monoisotopic (exact) mass is 295 g/mol. The first-order valence-electron chi connectivity index (χ1n) is 7.22. The van der Waals surface area contributed by atoms with Gasteiger partial charge in [0.25, 0.3) is 0 Å². The number of carbonyl (C=O) groups is 1. The van der Waals surface area contributed by atoms with E-state index in [1.807, 2.05) is 24.3 Å². The lowest BCUT2D eigenvalue weighted by Gasteiger charge is -2.24. The smallest absolute Gasteiger partial charge is 0.305 e. The number of benzene rings is 1. The molecule has 5 heteroatoms. The summed E-state index contributed by atoms with van der Waals surface area (Å²) in [5.74, 6) is -0.588. The predicted octanol–water partition coefficient (Wildman–Crippen LogP) is 1.66. The van der Waals surface area contributed by atoms with E-state index in [1.165, 1.54) is 0 Å². The number of carboxylic acid groups (broad SMARTS) is 1. The van der Waals surface area contributed by atoms with Gasteiger partial charge < -0.3 is 20.6 Å². The molecule has 118 valence electrons. The van der Waals surface area contributed by atoms with E-state index in [0.29, 0.717) is 11.5 Å². The molecule has 0 aliphatic heterocycles. The molecule has 4 N–H and O–H groups in total. The topological polar surface area (TPSA) is 89.8 Å². The fourth-order valence-corrected chi connectivity index (χ4v) is 2.12. The van der Waals surface area contributed by atoms with Crippen LogP contribution in [0, 0.1) is 0 Å². The minimum atomic E-state index is -0.990. The second kappa shape index (κ2) is 8.12. The summed E-state index contributed by atoms with van der Waals surface area (Å²) in [6.07, 6.45) is -1.74. The Kier molecular flexibility index (Phi) is 6.81. The van der Waals surface area contributed by atoms with Gasteiger partial charge in [-0.25, -0.2) is 0 Å². The van der Waals surface area contributed by atoms with Crippen LogP contribution in [0.2, 0.25) is 0 Å². The number of aliphatic carboxylic acids is 1. The maximum Gasteiger partial charge on any atom is 0.305 e. The second-order valence-electron chi connectivity index (χ2n) is 5.73. The van der Waals surface area contributed by atoms with Crippen molar-refractivity contribution in [1.82, 2.24) is 5.32 Å². The first kappa shape index (κ1) is 17.6. The highest BCUT2D eigenvalue weighted by atomic mass is 16.4. The van der Waals surface area contributed by atoms with Crippen LogP contribution in [0.15, 0.2) is 24.3 Å². The minimum Gasteiger partial charge on any atom is -0.481 e.